The first kappa shape index (κ1) is 19.0. The molecule has 148 valence electrons. The highest BCUT2D eigenvalue weighted by molar-refractivity contribution is 7.80. The molecule has 5 heteroatoms. The molecular formula is C22H34N4S. The van der Waals surface area contributed by atoms with Crippen molar-refractivity contribution in [1.82, 2.24) is 15.1 Å². The van der Waals surface area contributed by atoms with Crippen molar-refractivity contribution >= 4 is 23.0 Å². The molecule has 1 aromatic carbocycles. The summed E-state index contributed by atoms with van der Waals surface area (Å²) in [5.74, 6) is 1.27. The monoisotopic (exact) mass is 386 g/mol. The molecule has 1 aliphatic carbocycles. The van der Waals surface area contributed by atoms with Crippen LogP contribution in [0.25, 0.3) is 0 Å². The molecule has 2 heterocycles. The lowest BCUT2D eigenvalue weighted by Gasteiger charge is -2.49. The molecule has 1 fully saturated rings. The Labute approximate surface area is 169 Å². The van der Waals surface area contributed by atoms with Crippen LogP contribution in [0.4, 0.5) is 5.69 Å². The van der Waals surface area contributed by atoms with E-state index in [9.17, 15) is 0 Å². The number of likely N-dealkylation sites (N-methyl/N-ethyl adjacent to an activating group) is 1. The third-order valence-electron chi connectivity index (χ3n) is 7.10. The fraction of sp³-hybridized carbons (Fsp3) is 0.682. The van der Waals surface area contributed by atoms with Crippen molar-refractivity contribution in [1.29, 1.82) is 0 Å². The van der Waals surface area contributed by atoms with Gasteiger partial charge in [-0.05, 0) is 69.6 Å². The van der Waals surface area contributed by atoms with E-state index < -0.39 is 0 Å². The molecule has 2 aliphatic heterocycles. The first-order valence-corrected chi connectivity index (χ1v) is 11.2. The zero-order chi connectivity index (χ0) is 19.1. The fourth-order valence-electron chi connectivity index (χ4n) is 5.73. The third kappa shape index (κ3) is 3.23. The van der Waals surface area contributed by atoms with Crippen LogP contribution in [0.2, 0.25) is 0 Å². The minimum atomic E-state index is 0.429. The molecule has 3 aliphatic rings. The van der Waals surface area contributed by atoms with Crippen LogP contribution in [0.1, 0.15) is 63.5 Å². The van der Waals surface area contributed by atoms with Crippen molar-refractivity contribution in [2.24, 2.45) is 0 Å². The van der Waals surface area contributed by atoms with E-state index in [0.29, 0.717) is 30.0 Å². The Morgan fingerprint density at radius 3 is 2.70 bits per heavy atom. The van der Waals surface area contributed by atoms with Gasteiger partial charge in [-0.15, -0.1) is 0 Å². The summed E-state index contributed by atoms with van der Waals surface area (Å²) < 4.78 is 0. The molecule has 1 aromatic rings. The maximum absolute atomic E-state index is 5.71. The SMILES string of the molecule is CCN(CC)C(=S)N[C@H]1CC2c3cccc4c3C(C[C@H]2N(CC)C1)C(C)N4. The summed E-state index contributed by atoms with van der Waals surface area (Å²) in [5.41, 5.74) is 4.57. The maximum atomic E-state index is 5.71. The summed E-state index contributed by atoms with van der Waals surface area (Å²) in [6.07, 6.45) is 2.46. The van der Waals surface area contributed by atoms with Gasteiger partial charge in [0, 0.05) is 55.3 Å². The number of fused-ring (bicyclic) bond motifs is 2. The molecular weight excluding hydrogens is 352 g/mol. The molecule has 0 saturated carbocycles. The molecule has 2 N–H and O–H groups in total. The lowest BCUT2D eigenvalue weighted by molar-refractivity contribution is 0.0916. The lowest BCUT2D eigenvalue weighted by Crippen LogP contribution is -2.57. The molecule has 27 heavy (non-hydrogen) atoms. The third-order valence-corrected chi connectivity index (χ3v) is 7.48. The number of likely N-dealkylation sites (tertiary alicyclic amines) is 1. The highest BCUT2D eigenvalue weighted by Crippen LogP contribution is 2.52. The van der Waals surface area contributed by atoms with E-state index in [2.05, 4.69) is 66.3 Å². The maximum Gasteiger partial charge on any atom is 0.169 e. The number of benzene rings is 1. The smallest absolute Gasteiger partial charge is 0.169 e. The van der Waals surface area contributed by atoms with Crippen LogP contribution in [0.5, 0.6) is 0 Å². The van der Waals surface area contributed by atoms with Gasteiger partial charge in [-0.25, -0.2) is 0 Å². The van der Waals surface area contributed by atoms with Gasteiger partial charge in [-0.3, -0.25) is 4.90 Å². The average molecular weight is 387 g/mol. The second kappa shape index (κ2) is 7.59. The van der Waals surface area contributed by atoms with E-state index in [4.69, 9.17) is 12.2 Å². The van der Waals surface area contributed by atoms with Crippen molar-refractivity contribution in [2.45, 2.75) is 70.5 Å². The number of thiocarbonyl (C=S) groups is 1. The summed E-state index contributed by atoms with van der Waals surface area (Å²) in [6.45, 7) is 13.2. The van der Waals surface area contributed by atoms with Crippen LogP contribution in [0, 0.1) is 0 Å². The molecule has 0 aromatic heterocycles. The molecule has 0 bridgehead atoms. The van der Waals surface area contributed by atoms with Crippen molar-refractivity contribution in [3.63, 3.8) is 0 Å². The fourth-order valence-corrected chi connectivity index (χ4v) is 6.15. The van der Waals surface area contributed by atoms with Crippen molar-refractivity contribution in [3.05, 3.63) is 29.3 Å². The predicted octanol–water partition coefficient (Wildman–Crippen LogP) is 3.75. The van der Waals surface area contributed by atoms with E-state index in [1.165, 1.54) is 18.5 Å². The van der Waals surface area contributed by atoms with E-state index in [0.717, 1.165) is 31.3 Å². The van der Waals surface area contributed by atoms with Gasteiger partial charge in [0.1, 0.15) is 0 Å². The Balaban J connectivity index is 1.60. The Morgan fingerprint density at radius 2 is 2.00 bits per heavy atom. The summed E-state index contributed by atoms with van der Waals surface area (Å²) in [5, 5.41) is 8.35. The second-order valence-electron chi connectivity index (χ2n) is 8.40. The Morgan fingerprint density at radius 1 is 1.22 bits per heavy atom. The van der Waals surface area contributed by atoms with E-state index >= 15 is 0 Å². The van der Waals surface area contributed by atoms with Gasteiger partial charge in [0.15, 0.2) is 5.11 Å². The van der Waals surface area contributed by atoms with Gasteiger partial charge in [0.25, 0.3) is 0 Å². The van der Waals surface area contributed by atoms with E-state index in [-0.39, 0.29) is 0 Å². The topological polar surface area (TPSA) is 30.5 Å². The van der Waals surface area contributed by atoms with Gasteiger partial charge in [-0.2, -0.15) is 0 Å². The summed E-state index contributed by atoms with van der Waals surface area (Å²) in [4.78, 5) is 4.96. The van der Waals surface area contributed by atoms with E-state index in [1.54, 1.807) is 11.1 Å². The van der Waals surface area contributed by atoms with E-state index in [1.807, 2.05) is 0 Å². The van der Waals surface area contributed by atoms with Gasteiger partial charge >= 0.3 is 0 Å². The summed E-state index contributed by atoms with van der Waals surface area (Å²) in [7, 11) is 0. The first-order chi connectivity index (χ1) is 13.1. The van der Waals surface area contributed by atoms with Crippen LogP contribution in [-0.4, -0.2) is 59.2 Å². The van der Waals surface area contributed by atoms with Crippen LogP contribution in [0.3, 0.4) is 0 Å². The quantitative estimate of drug-likeness (QED) is 0.770. The Bertz CT molecular complexity index is 702. The molecule has 3 unspecified atom stereocenters. The highest BCUT2D eigenvalue weighted by atomic mass is 32.1. The minimum Gasteiger partial charge on any atom is -0.382 e. The summed E-state index contributed by atoms with van der Waals surface area (Å²) >= 11 is 5.71. The highest BCUT2D eigenvalue weighted by Gasteiger charge is 2.46. The van der Waals surface area contributed by atoms with Crippen molar-refractivity contribution in [3.8, 4) is 0 Å². The summed E-state index contributed by atoms with van der Waals surface area (Å²) in [6, 6.07) is 8.53. The van der Waals surface area contributed by atoms with Crippen molar-refractivity contribution in [2.75, 3.05) is 31.5 Å². The number of anilines is 1. The second-order valence-corrected chi connectivity index (χ2v) is 8.79. The minimum absolute atomic E-state index is 0.429. The largest absolute Gasteiger partial charge is 0.382 e. The van der Waals surface area contributed by atoms with Gasteiger partial charge in [-0.1, -0.05) is 19.1 Å². The van der Waals surface area contributed by atoms with Crippen molar-refractivity contribution < 1.29 is 0 Å². The van der Waals surface area contributed by atoms with Gasteiger partial charge in [0.2, 0.25) is 0 Å². The number of nitrogens with one attached hydrogen (secondary N) is 2. The molecule has 0 radical (unpaired) electrons. The van der Waals surface area contributed by atoms with Crippen LogP contribution >= 0.6 is 12.2 Å². The van der Waals surface area contributed by atoms with Crippen LogP contribution in [-0.2, 0) is 0 Å². The van der Waals surface area contributed by atoms with Gasteiger partial charge < -0.3 is 15.5 Å². The zero-order valence-corrected chi connectivity index (χ0v) is 18.0. The van der Waals surface area contributed by atoms with Crippen LogP contribution in [0.15, 0.2) is 18.2 Å². The normalized spacial score (nSPS) is 31.6. The Hall–Kier alpha value is -1.33. The predicted molar refractivity (Wildman–Crippen MR) is 118 cm³/mol. The number of hydrogen-bond donors (Lipinski definition) is 2. The molecule has 1 saturated heterocycles. The first-order valence-electron chi connectivity index (χ1n) is 10.8. The number of rotatable bonds is 4. The number of nitrogens with zero attached hydrogens (tertiary/aromatic N) is 2. The Kier molecular flexibility index (Phi) is 5.34. The number of piperidine rings is 1. The van der Waals surface area contributed by atoms with Crippen LogP contribution < -0.4 is 10.6 Å². The molecule has 4 nitrogen and oxygen atoms in total. The molecule has 5 atom stereocenters. The molecule has 4 rings (SSSR count). The number of hydrogen-bond acceptors (Lipinski definition) is 3. The average Bonchev–Trinajstić information content (AvgIpc) is 2.99. The lowest BCUT2D eigenvalue weighted by atomic mass is 9.68. The molecule has 0 amide bonds. The standard InChI is InChI=1S/C22H34N4S/c1-5-25(6-2)22(27)24-15-11-18-16-9-8-10-19-21(16)17(14(4)23-19)12-20(18)26(7-3)13-15/h8-10,14-15,17-18,20,23H,5-7,11-13H2,1-4H3,(H,24,27)/t14?,15-,17?,18?,20+/m0/s1. The zero-order valence-electron chi connectivity index (χ0n) is 17.2. The van der Waals surface area contributed by atoms with Gasteiger partial charge in [0.05, 0.1) is 0 Å². The molecule has 0 spiro atoms.